The standard InChI is InChI=1S/C14H13ClN2OS/c1-9-2-3-10(7-16)6-11(9)18-12(8-17)13-4-5-14(15)19-13/h2-6,12H,8,17H2,1H3. The number of aryl methyl sites for hydroxylation is 1. The van der Waals surface area contributed by atoms with E-state index in [1.165, 1.54) is 11.3 Å². The molecule has 0 fully saturated rings. The molecule has 2 N–H and O–H groups in total. The zero-order valence-corrected chi connectivity index (χ0v) is 12.0. The number of thiophene rings is 1. The average Bonchev–Trinajstić information content (AvgIpc) is 2.84. The maximum Gasteiger partial charge on any atom is 0.145 e. The van der Waals surface area contributed by atoms with E-state index in [-0.39, 0.29) is 6.10 Å². The van der Waals surface area contributed by atoms with Crippen LogP contribution in [0.25, 0.3) is 0 Å². The first-order valence-electron chi connectivity index (χ1n) is 5.76. The number of hydrogen-bond donors (Lipinski definition) is 1. The molecule has 0 radical (unpaired) electrons. The molecule has 0 aliphatic heterocycles. The Hall–Kier alpha value is -1.54. The zero-order valence-electron chi connectivity index (χ0n) is 10.4. The molecule has 0 bridgehead atoms. The molecule has 1 heterocycles. The van der Waals surface area contributed by atoms with Crippen LogP contribution in [0, 0.1) is 18.3 Å². The molecular weight excluding hydrogens is 280 g/mol. The predicted octanol–water partition coefficient (Wildman–Crippen LogP) is 3.66. The highest BCUT2D eigenvalue weighted by atomic mass is 35.5. The van der Waals surface area contributed by atoms with Gasteiger partial charge in [0.05, 0.1) is 16.0 Å². The molecule has 0 spiro atoms. The lowest BCUT2D eigenvalue weighted by molar-refractivity contribution is 0.216. The molecule has 19 heavy (non-hydrogen) atoms. The molecule has 0 aliphatic rings. The highest BCUT2D eigenvalue weighted by Gasteiger charge is 2.15. The number of nitriles is 1. The van der Waals surface area contributed by atoms with E-state index in [0.29, 0.717) is 22.2 Å². The minimum Gasteiger partial charge on any atom is -0.483 e. The van der Waals surface area contributed by atoms with Gasteiger partial charge < -0.3 is 10.5 Å². The minimum absolute atomic E-state index is 0.245. The summed E-state index contributed by atoms with van der Waals surface area (Å²) in [6.45, 7) is 2.29. The second-order valence-electron chi connectivity index (χ2n) is 4.08. The van der Waals surface area contributed by atoms with Crippen molar-refractivity contribution >= 4 is 22.9 Å². The second kappa shape index (κ2) is 6.07. The second-order valence-corrected chi connectivity index (χ2v) is 5.82. The zero-order chi connectivity index (χ0) is 13.8. The van der Waals surface area contributed by atoms with Gasteiger partial charge in [-0.1, -0.05) is 17.7 Å². The van der Waals surface area contributed by atoms with Gasteiger partial charge in [0, 0.05) is 11.4 Å². The van der Waals surface area contributed by atoms with Crippen LogP contribution in [0.15, 0.2) is 30.3 Å². The summed E-state index contributed by atoms with van der Waals surface area (Å²) >= 11 is 7.37. The molecule has 5 heteroatoms. The van der Waals surface area contributed by atoms with Crippen LogP contribution in [0.1, 0.15) is 22.1 Å². The van der Waals surface area contributed by atoms with E-state index in [1.54, 1.807) is 12.1 Å². The van der Waals surface area contributed by atoms with Gasteiger partial charge in [0.25, 0.3) is 0 Å². The van der Waals surface area contributed by atoms with Crippen LogP contribution >= 0.6 is 22.9 Å². The van der Waals surface area contributed by atoms with Crippen molar-refractivity contribution in [3.63, 3.8) is 0 Å². The van der Waals surface area contributed by atoms with Crippen LogP contribution in [0.4, 0.5) is 0 Å². The van der Waals surface area contributed by atoms with Gasteiger partial charge in [0.1, 0.15) is 11.9 Å². The van der Waals surface area contributed by atoms with Crippen LogP contribution in [-0.4, -0.2) is 6.54 Å². The first kappa shape index (κ1) is 13.9. The number of benzene rings is 1. The summed E-state index contributed by atoms with van der Waals surface area (Å²) < 4.78 is 6.62. The molecule has 3 nitrogen and oxygen atoms in total. The molecule has 2 rings (SSSR count). The normalized spacial score (nSPS) is 11.9. The van der Waals surface area contributed by atoms with Crippen LogP contribution in [0.3, 0.4) is 0 Å². The molecule has 1 aromatic heterocycles. The van der Waals surface area contributed by atoms with Gasteiger partial charge in [0.2, 0.25) is 0 Å². The lowest BCUT2D eigenvalue weighted by atomic mass is 10.1. The quantitative estimate of drug-likeness (QED) is 0.935. The van der Waals surface area contributed by atoms with Crippen molar-refractivity contribution in [2.75, 3.05) is 6.54 Å². The van der Waals surface area contributed by atoms with Gasteiger partial charge >= 0.3 is 0 Å². The summed E-state index contributed by atoms with van der Waals surface area (Å²) in [5, 5.41) is 8.92. The van der Waals surface area contributed by atoms with Crippen LogP contribution in [0.5, 0.6) is 5.75 Å². The number of nitrogens with two attached hydrogens (primary N) is 1. The summed E-state index contributed by atoms with van der Waals surface area (Å²) in [5.41, 5.74) is 7.30. The van der Waals surface area contributed by atoms with Crippen LogP contribution < -0.4 is 10.5 Å². The van der Waals surface area contributed by atoms with Crippen molar-refractivity contribution in [3.8, 4) is 11.8 Å². The molecule has 98 valence electrons. The third-order valence-corrected chi connectivity index (χ3v) is 4.04. The van der Waals surface area contributed by atoms with Crippen LogP contribution in [0.2, 0.25) is 4.34 Å². The lowest BCUT2D eigenvalue weighted by Gasteiger charge is -2.17. The third kappa shape index (κ3) is 3.27. The third-order valence-electron chi connectivity index (χ3n) is 2.71. The Morgan fingerprint density at radius 2 is 2.21 bits per heavy atom. The maximum absolute atomic E-state index is 8.92. The monoisotopic (exact) mass is 292 g/mol. The smallest absolute Gasteiger partial charge is 0.145 e. The Kier molecular flexibility index (Phi) is 4.43. The maximum atomic E-state index is 8.92. The summed E-state index contributed by atoms with van der Waals surface area (Å²) in [6.07, 6.45) is -0.245. The van der Waals surface area contributed by atoms with Crippen molar-refractivity contribution in [1.82, 2.24) is 0 Å². The van der Waals surface area contributed by atoms with E-state index in [2.05, 4.69) is 6.07 Å². The summed E-state index contributed by atoms with van der Waals surface area (Å²) in [6, 6.07) is 11.2. The summed E-state index contributed by atoms with van der Waals surface area (Å²) in [5.74, 6) is 0.680. The van der Waals surface area contributed by atoms with Crippen molar-refractivity contribution in [3.05, 3.63) is 50.7 Å². The van der Waals surface area contributed by atoms with E-state index in [0.717, 1.165) is 10.4 Å². The number of hydrogen-bond acceptors (Lipinski definition) is 4. The van der Waals surface area contributed by atoms with Crippen molar-refractivity contribution in [2.45, 2.75) is 13.0 Å². The molecule has 0 saturated carbocycles. The Morgan fingerprint density at radius 3 is 2.79 bits per heavy atom. The van der Waals surface area contributed by atoms with Gasteiger partial charge in [-0.3, -0.25) is 0 Å². The largest absolute Gasteiger partial charge is 0.483 e. The summed E-state index contributed by atoms with van der Waals surface area (Å²) in [4.78, 5) is 0.981. The van der Waals surface area contributed by atoms with Crippen molar-refractivity contribution < 1.29 is 4.74 Å². The lowest BCUT2D eigenvalue weighted by Crippen LogP contribution is -2.17. The fourth-order valence-corrected chi connectivity index (χ4v) is 2.78. The SMILES string of the molecule is Cc1ccc(C#N)cc1OC(CN)c1ccc(Cl)s1. The van der Waals surface area contributed by atoms with E-state index < -0.39 is 0 Å². The summed E-state index contributed by atoms with van der Waals surface area (Å²) in [7, 11) is 0. The van der Waals surface area contributed by atoms with Crippen molar-refractivity contribution in [2.24, 2.45) is 5.73 Å². The first-order chi connectivity index (χ1) is 9.13. The number of ether oxygens (including phenoxy) is 1. The fraction of sp³-hybridized carbons (Fsp3) is 0.214. The number of rotatable bonds is 4. The molecule has 1 aromatic carbocycles. The van der Waals surface area contributed by atoms with E-state index in [4.69, 9.17) is 27.3 Å². The van der Waals surface area contributed by atoms with Crippen LogP contribution in [-0.2, 0) is 0 Å². The Morgan fingerprint density at radius 1 is 1.42 bits per heavy atom. The van der Waals surface area contributed by atoms with Crippen molar-refractivity contribution in [1.29, 1.82) is 5.26 Å². The molecule has 1 unspecified atom stereocenters. The highest BCUT2D eigenvalue weighted by Crippen LogP contribution is 2.31. The van der Waals surface area contributed by atoms with Gasteiger partial charge in [-0.2, -0.15) is 5.26 Å². The van der Waals surface area contributed by atoms with E-state index in [9.17, 15) is 0 Å². The molecule has 2 aromatic rings. The molecule has 0 aliphatic carbocycles. The first-order valence-corrected chi connectivity index (χ1v) is 6.96. The molecule has 1 atom stereocenters. The van der Waals surface area contributed by atoms with Gasteiger partial charge in [-0.15, -0.1) is 11.3 Å². The highest BCUT2D eigenvalue weighted by molar-refractivity contribution is 7.16. The minimum atomic E-state index is -0.245. The van der Waals surface area contributed by atoms with E-state index >= 15 is 0 Å². The van der Waals surface area contributed by atoms with Gasteiger partial charge in [-0.05, 0) is 36.8 Å². The Bertz CT molecular complexity index is 618. The molecule has 0 saturated heterocycles. The molecule has 0 amide bonds. The van der Waals surface area contributed by atoms with Gasteiger partial charge in [0.15, 0.2) is 0 Å². The Labute approximate surface area is 121 Å². The predicted molar refractivity (Wildman–Crippen MR) is 77.6 cm³/mol. The average molecular weight is 293 g/mol. The fourth-order valence-electron chi connectivity index (χ4n) is 1.67. The number of halogens is 1. The topological polar surface area (TPSA) is 59.0 Å². The number of nitrogens with zero attached hydrogens (tertiary/aromatic N) is 1. The van der Waals surface area contributed by atoms with E-state index in [1.807, 2.05) is 25.1 Å². The Balaban J connectivity index is 2.26. The molecular formula is C14H13ClN2OS. The van der Waals surface area contributed by atoms with Gasteiger partial charge in [-0.25, -0.2) is 0 Å².